The molecule has 6 nitrogen and oxygen atoms in total. The van der Waals surface area contributed by atoms with Crippen molar-refractivity contribution in [3.8, 4) is 0 Å². The number of carbonyl (C=O) groups is 1. The highest BCUT2D eigenvalue weighted by atomic mass is 35.5. The highest BCUT2D eigenvalue weighted by Crippen LogP contribution is 2.27. The van der Waals surface area contributed by atoms with Gasteiger partial charge in [0.25, 0.3) is 5.91 Å². The summed E-state index contributed by atoms with van der Waals surface area (Å²) in [5, 5.41) is 7.94. The van der Waals surface area contributed by atoms with Gasteiger partial charge >= 0.3 is 0 Å². The number of hydrogen-bond donors (Lipinski definition) is 2. The number of sulfonamides is 1. The Kier molecular flexibility index (Phi) is 7.69. The highest BCUT2D eigenvalue weighted by Gasteiger charge is 2.31. The number of rotatable bonds is 6. The molecule has 0 aromatic carbocycles. The van der Waals surface area contributed by atoms with Gasteiger partial charge in [-0.1, -0.05) is 0 Å². The van der Waals surface area contributed by atoms with Crippen molar-refractivity contribution in [1.82, 2.24) is 14.9 Å². The molecule has 3 rings (SSSR count). The Morgan fingerprint density at radius 3 is 2.76 bits per heavy atom. The molecule has 25 heavy (non-hydrogen) atoms. The molecule has 0 spiro atoms. The van der Waals surface area contributed by atoms with Gasteiger partial charge < -0.3 is 10.6 Å². The summed E-state index contributed by atoms with van der Waals surface area (Å²) in [7, 11) is -3.54. The molecule has 9 heteroatoms. The zero-order valence-corrected chi connectivity index (χ0v) is 16.6. The third-order valence-electron chi connectivity index (χ3n) is 4.76. The van der Waals surface area contributed by atoms with Gasteiger partial charge in [0.05, 0.1) is 0 Å². The normalized spacial score (nSPS) is 21.7. The molecule has 0 saturated carbocycles. The lowest BCUT2D eigenvalue weighted by Crippen LogP contribution is -2.34. The van der Waals surface area contributed by atoms with Crippen molar-refractivity contribution in [2.75, 3.05) is 32.7 Å². The summed E-state index contributed by atoms with van der Waals surface area (Å²) in [6.45, 7) is 3.77. The molecule has 2 aliphatic heterocycles. The van der Waals surface area contributed by atoms with Gasteiger partial charge in [-0.05, 0) is 62.6 Å². The van der Waals surface area contributed by atoms with Crippen LogP contribution in [0.4, 0.5) is 0 Å². The van der Waals surface area contributed by atoms with Crippen molar-refractivity contribution in [1.29, 1.82) is 0 Å². The summed E-state index contributed by atoms with van der Waals surface area (Å²) in [6.07, 6.45) is 5.08. The van der Waals surface area contributed by atoms with E-state index in [1.807, 2.05) is 0 Å². The maximum absolute atomic E-state index is 12.7. The molecule has 0 bridgehead atoms. The monoisotopic (exact) mass is 407 g/mol. The van der Waals surface area contributed by atoms with Gasteiger partial charge in [-0.2, -0.15) is 4.31 Å². The summed E-state index contributed by atoms with van der Waals surface area (Å²) in [5.74, 6) is 0.321. The fourth-order valence-electron chi connectivity index (χ4n) is 3.37. The van der Waals surface area contributed by atoms with Gasteiger partial charge in [-0.3, -0.25) is 4.79 Å². The predicted molar refractivity (Wildman–Crippen MR) is 102 cm³/mol. The molecular formula is C16H26ClN3O3S2. The summed E-state index contributed by atoms with van der Waals surface area (Å²) in [6, 6.07) is 1.55. The summed E-state index contributed by atoms with van der Waals surface area (Å²) < 4.78 is 26.9. The fraction of sp³-hybridized carbons (Fsp3) is 0.688. The van der Waals surface area contributed by atoms with Crippen molar-refractivity contribution < 1.29 is 13.2 Å². The van der Waals surface area contributed by atoms with Crippen LogP contribution in [0.2, 0.25) is 0 Å². The van der Waals surface area contributed by atoms with E-state index < -0.39 is 10.0 Å². The van der Waals surface area contributed by atoms with Crippen molar-refractivity contribution >= 4 is 39.7 Å². The van der Waals surface area contributed by atoms with Crippen LogP contribution < -0.4 is 10.6 Å². The first kappa shape index (κ1) is 20.6. The van der Waals surface area contributed by atoms with E-state index in [2.05, 4.69) is 10.6 Å². The Balaban J connectivity index is 0.00000225. The molecule has 142 valence electrons. The first-order valence-corrected chi connectivity index (χ1v) is 11.0. The second kappa shape index (κ2) is 9.32. The zero-order chi connectivity index (χ0) is 17.0. The summed E-state index contributed by atoms with van der Waals surface area (Å²) in [5.41, 5.74) is 0. The van der Waals surface area contributed by atoms with Crippen LogP contribution in [0, 0.1) is 5.92 Å². The van der Waals surface area contributed by atoms with Gasteiger partial charge in [0.2, 0.25) is 10.0 Å². The lowest BCUT2D eigenvalue weighted by atomic mass is 9.96. The van der Waals surface area contributed by atoms with E-state index in [0.717, 1.165) is 32.4 Å². The molecular weight excluding hydrogens is 382 g/mol. The molecule has 2 N–H and O–H groups in total. The van der Waals surface area contributed by atoms with Gasteiger partial charge in [-0.15, -0.1) is 23.7 Å². The van der Waals surface area contributed by atoms with Crippen LogP contribution in [0.5, 0.6) is 0 Å². The molecule has 2 saturated heterocycles. The fourth-order valence-corrected chi connectivity index (χ4v) is 6.21. The Labute approximate surface area is 159 Å². The van der Waals surface area contributed by atoms with Crippen LogP contribution >= 0.6 is 23.7 Å². The van der Waals surface area contributed by atoms with Crippen molar-refractivity contribution in [2.45, 2.75) is 37.0 Å². The van der Waals surface area contributed by atoms with Gasteiger partial charge in [0.15, 0.2) is 0 Å². The second-order valence-electron chi connectivity index (χ2n) is 6.48. The lowest BCUT2D eigenvalue weighted by molar-refractivity contribution is 0.0951. The van der Waals surface area contributed by atoms with Crippen molar-refractivity contribution in [2.24, 2.45) is 5.92 Å². The SMILES string of the molecule is Cl.O=C(NCCC1CCCNC1)c1sccc1S(=O)(=O)N1CCCC1. The van der Waals surface area contributed by atoms with Crippen LogP contribution in [0.1, 0.15) is 41.8 Å². The average Bonchev–Trinajstić information content (AvgIpc) is 3.28. The first-order valence-electron chi connectivity index (χ1n) is 8.65. The molecule has 0 aliphatic carbocycles. The van der Waals surface area contributed by atoms with Crippen LogP contribution in [0.15, 0.2) is 16.3 Å². The minimum absolute atomic E-state index is 0. The number of thiophene rings is 1. The first-order chi connectivity index (χ1) is 11.6. The van der Waals surface area contributed by atoms with E-state index in [9.17, 15) is 13.2 Å². The number of nitrogens with zero attached hydrogens (tertiary/aromatic N) is 1. The average molecular weight is 408 g/mol. The van der Waals surface area contributed by atoms with Crippen LogP contribution in [0.25, 0.3) is 0 Å². The minimum Gasteiger partial charge on any atom is -0.351 e. The number of nitrogens with one attached hydrogen (secondary N) is 2. The summed E-state index contributed by atoms with van der Waals surface area (Å²) >= 11 is 1.20. The Hall–Kier alpha value is -0.670. The topological polar surface area (TPSA) is 78.5 Å². The molecule has 1 atom stereocenters. The van der Waals surface area contributed by atoms with Gasteiger partial charge in [0, 0.05) is 19.6 Å². The number of hydrogen-bond acceptors (Lipinski definition) is 5. The highest BCUT2D eigenvalue weighted by molar-refractivity contribution is 7.89. The number of amides is 1. The molecule has 1 aromatic heterocycles. The Bertz CT molecular complexity index is 666. The maximum Gasteiger partial charge on any atom is 0.262 e. The molecule has 3 heterocycles. The van der Waals surface area contributed by atoms with E-state index in [4.69, 9.17) is 0 Å². The smallest absolute Gasteiger partial charge is 0.262 e. The number of carbonyl (C=O) groups excluding carboxylic acids is 1. The van der Waals surface area contributed by atoms with Crippen LogP contribution in [0.3, 0.4) is 0 Å². The third-order valence-corrected chi connectivity index (χ3v) is 7.74. The minimum atomic E-state index is -3.54. The van der Waals surface area contributed by atoms with Gasteiger partial charge in [-0.25, -0.2) is 8.42 Å². The largest absolute Gasteiger partial charge is 0.351 e. The quantitative estimate of drug-likeness (QED) is 0.756. The Morgan fingerprint density at radius 2 is 2.08 bits per heavy atom. The van der Waals surface area contributed by atoms with Crippen LogP contribution in [-0.4, -0.2) is 51.4 Å². The lowest BCUT2D eigenvalue weighted by Gasteiger charge is -2.22. The maximum atomic E-state index is 12.7. The molecule has 2 fully saturated rings. The third kappa shape index (κ3) is 4.95. The van der Waals surface area contributed by atoms with E-state index in [-0.39, 0.29) is 23.2 Å². The van der Waals surface area contributed by atoms with Crippen molar-refractivity contribution in [3.63, 3.8) is 0 Å². The molecule has 2 aliphatic rings. The number of piperidine rings is 1. The van der Waals surface area contributed by atoms with Crippen LogP contribution in [-0.2, 0) is 10.0 Å². The predicted octanol–water partition coefficient (Wildman–Crippen LogP) is 2.07. The van der Waals surface area contributed by atoms with Gasteiger partial charge in [0.1, 0.15) is 9.77 Å². The molecule has 1 unspecified atom stereocenters. The molecule has 1 amide bonds. The van der Waals surface area contributed by atoms with Crippen molar-refractivity contribution in [3.05, 3.63) is 16.3 Å². The zero-order valence-electron chi connectivity index (χ0n) is 14.2. The number of halogens is 1. The molecule has 0 radical (unpaired) electrons. The van der Waals surface area contributed by atoms with E-state index in [1.165, 1.54) is 28.5 Å². The standard InChI is InChI=1S/C16H25N3O3S2.ClH/c20-16(18-8-5-13-4-3-7-17-12-13)15-14(6-11-23-15)24(21,22)19-9-1-2-10-19;/h6,11,13,17H,1-5,7-10,12H2,(H,18,20);1H. The van der Waals surface area contributed by atoms with E-state index in [0.29, 0.717) is 30.4 Å². The van der Waals surface area contributed by atoms with E-state index in [1.54, 1.807) is 11.4 Å². The second-order valence-corrected chi connectivity index (χ2v) is 9.30. The van der Waals surface area contributed by atoms with E-state index >= 15 is 0 Å². The molecule has 1 aromatic rings. The Morgan fingerprint density at radius 1 is 1.32 bits per heavy atom. The summed E-state index contributed by atoms with van der Waals surface area (Å²) in [4.78, 5) is 12.9.